The number of rotatable bonds is 3. The molecule has 0 saturated carbocycles. The van der Waals surface area contributed by atoms with Gasteiger partial charge in [0.15, 0.2) is 0 Å². The second kappa shape index (κ2) is 6.02. The van der Waals surface area contributed by atoms with Crippen LogP contribution in [0.4, 0.5) is 5.69 Å². The Hall–Kier alpha value is -1.62. The summed E-state index contributed by atoms with van der Waals surface area (Å²) in [5.41, 5.74) is 6.06. The number of hydrogen-bond donors (Lipinski definition) is 1. The Morgan fingerprint density at radius 3 is 2.86 bits per heavy atom. The van der Waals surface area contributed by atoms with Crippen molar-refractivity contribution >= 4 is 15.7 Å². The van der Waals surface area contributed by atoms with Gasteiger partial charge in [-0.25, -0.2) is 8.42 Å². The average molecular weight is 309 g/mol. The summed E-state index contributed by atoms with van der Waals surface area (Å²) in [6.07, 6.45) is 0.491. The van der Waals surface area contributed by atoms with E-state index in [4.69, 9.17) is 15.7 Å². The first-order chi connectivity index (χ1) is 9.90. The molecule has 1 saturated heterocycles. The molecule has 0 aliphatic carbocycles. The van der Waals surface area contributed by atoms with E-state index in [0.717, 1.165) is 0 Å². The highest BCUT2D eigenvalue weighted by molar-refractivity contribution is 7.89. The van der Waals surface area contributed by atoms with E-state index in [-0.39, 0.29) is 29.1 Å². The minimum Gasteiger partial charge on any atom is -0.399 e. The van der Waals surface area contributed by atoms with Crippen molar-refractivity contribution in [3.05, 3.63) is 23.8 Å². The van der Waals surface area contributed by atoms with E-state index < -0.39 is 10.0 Å². The molecule has 1 heterocycles. The molecular weight excluding hydrogens is 290 g/mol. The highest BCUT2D eigenvalue weighted by Crippen LogP contribution is 2.27. The Balaban J connectivity index is 2.48. The predicted molar refractivity (Wildman–Crippen MR) is 79.0 cm³/mol. The monoisotopic (exact) mass is 309 g/mol. The lowest BCUT2D eigenvalue weighted by Crippen LogP contribution is -2.51. The number of morpholine rings is 1. The summed E-state index contributed by atoms with van der Waals surface area (Å²) in [7, 11) is -3.74. The smallest absolute Gasteiger partial charge is 0.244 e. The molecule has 1 aromatic rings. The van der Waals surface area contributed by atoms with E-state index in [1.54, 1.807) is 0 Å². The Morgan fingerprint density at radius 1 is 1.52 bits per heavy atom. The lowest BCUT2D eigenvalue weighted by Gasteiger charge is -2.37. The predicted octanol–water partition coefficient (Wildman–Crippen LogP) is 1.33. The molecule has 2 rings (SSSR count). The van der Waals surface area contributed by atoms with Crippen LogP contribution in [0.3, 0.4) is 0 Å². The minimum absolute atomic E-state index is 0.00625. The van der Waals surface area contributed by atoms with Crippen molar-refractivity contribution in [1.29, 1.82) is 5.26 Å². The average Bonchev–Trinajstić information content (AvgIpc) is 2.46. The van der Waals surface area contributed by atoms with Gasteiger partial charge in [0.2, 0.25) is 10.0 Å². The molecule has 1 fully saturated rings. The Kier molecular flexibility index (Phi) is 4.52. The SMILES string of the molecule is CCC1COC(C)CN1S(=O)(=O)c1ccc(N)cc1C#N. The van der Waals surface area contributed by atoms with Crippen LogP contribution >= 0.6 is 0 Å². The summed E-state index contributed by atoms with van der Waals surface area (Å²) in [5.74, 6) is 0. The molecule has 2 N–H and O–H groups in total. The molecule has 1 aromatic carbocycles. The van der Waals surface area contributed by atoms with Crippen LogP contribution in [0, 0.1) is 11.3 Å². The molecule has 0 spiro atoms. The van der Waals surface area contributed by atoms with Crippen molar-refractivity contribution in [3.63, 3.8) is 0 Å². The third-order valence-corrected chi connectivity index (χ3v) is 5.58. The topological polar surface area (TPSA) is 96.4 Å². The number of sulfonamides is 1. The number of hydrogen-bond acceptors (Lipinski definition) is 5. The molecule has 6 nitrogen and oxygen atoms in total. The first kappa shape index (κ1) is 15.8. The number of nitrogens with zero attached hydrogens (tertiary/aromatic N) is 2. The quantitative estimate of drug-likeness (QED) is 0.850. The summed E-state index contributed by atoms with van der Waals surface area (Å²) in [6, 6.07) is 5.98. The number of anilines is 1. The van der Waals surface area contributed by atoms with Crippen LogP contribution in [0.1, 0.15) is 25.8 Å². The molecule has 0 radical (unpaired) electrons. The third kappa shape index (κ3) is 3.02. The maximum absolute atomic E-state index is 12.9. The first-order valence-electron chi connectivity index (χ1n) is 6.83. The highest BCUT2D eigenvalue weighted by Gasteiger charge is 2.36. The second-order valence-corrected chi connectivity index (χ2v) is 7.01. The van der Waals surface area contributed by atoms with Gasteiger partial charge in [-0.15, -0.1) is 0 Å². The van der Waals surface area contributed by atoms with Crippen molar-refractivity contribution in [2.45, 2.75) is 37.3 Å². The van der Waals surface area contributed by atoms with E-state index in [2.05, 4.69) is 0 Å². The van der Waals surface area contributed by atoms with Crippen LogP contribution in [-0.4, -0.2) is 38.0 Å². The van der Waals surface area contributed by atoms with Gasteiger partial charge in [0.05, 0.1) is 18.3 Å². The molecule has 114 valence electrons. The summed E-state index contributed by atoms with van der Waals surface area (Å²) < 4.78 is 32.7. The fourth-order valence-corrected chi connectivity index (χ4v) is 4.30. The molecule has 0 amide bonds. The maximum Gasteiger partial charge on any atom is 0.244 e. The standard InChI is InChI=1S/C14H19N3O3S/c1-3-13-9-20-10(2)8-17(13)21(18,19)14-5-4-12(16)6-11(14)7-15/h4-6,10,13H,3,8-9,16H2,1-2H3. The molecule has 1 aliphatic heterocycles. The van der Waals surface area contributed by atoms with Crippen LogP contribution in [-0.2, 0) is 14.8 Å². The minimum atomic E-state index is -3.74. The molecule has 21 heavy (non-hydrogen) atoms. The van der Waals surface area contributed by atoms with E-state index >= 15 is 0 Å². The van der Waals surface area contributed by atoms with Gasteiger partial charge in [0, 0.05) is 18.3 Å². The van der Waals surface area contributed by atoms with Crippen molar-refractivity contribution < 1.29 is 13.2 Å². The van der Waals surface area contributed by atoms with Crippen LogP contribution in [0.5, 0.6) is 0 Å². The number of nitriles is 1. The fourth-order valence-electron chi connectivity index (χ4n) is 2.42. The normalized spacial score (nSPS) is 23.7. The summed E-state index contributed by atoms with van der Waals surface area (Å²) in [6.45, 7) is 4.41. The van der Waals surface area contributed by atoms with Gasteiger partial charge >= 0.3 is 0 Å². The zero-order valence-corrected chi connectivity index (χ0v) is 12.9. The van der Waals surface area contributed by atoms with Crippen molar-refractivity contribution in [1.82, 2.24) is 4.31 Å². The molecule has 0 bridgehead atoms. The van der Waals surface area contributed by atoms with E-state index in [9.17, 15) is 8.42 Å². The summed E-state index contributed by atoms with van der Waals surface area (Å²) >= 11 is 0. The zero-order valence-electron chi connectivity index (χ0n) is 12.1. The third-order valence-electron chi connectivity index (χ3n) is 3.60. The Bertz CT molecular complexity index is 667. The van der Waals surface area contributed by atoms with Crippen molar-refractivity contribution in [2.75, 3.05) is 18.9 Å². The van der Waals surface area contributed by atoms with Crippen LogP contribution in [0.2, 0.25) is 0 Å². The van der Waals surface area contributed by atoms with Gasteiger partial charge < -0.3 is 10.5 Å². The van der Waals surface area contributed by atoms with Gasteiger partial charge in [0.1, 0.15) is 11.0 Å². The van der Waals surface area contributed by atoms with E-state index in [1.165, 1.54) is 22.5 Å². The zero-order chi connectivity index (χ0) is 15.6. The molecule has 7 heteroatoms. The lowest BCUT2D eigenvalue weighted by atomic mass is 10.2. The van der Waals surface area contributed by atoms with Crippen LogP contribution in [0.15, 0.2) is 23.1 Å². The van der Waals surface area contributed by atoms with Crippen LogP contribution < -0.4 is 5.73 Å². The van der Waals surface area contributed by atoms with Gasteiger partial charge in [-0.3, -0.25) is 0 Å². The summed E-state index contributed by atoms with van der Waals surface area (Å²) in [4.78, 5) is 0.00625. The maximum atomic E-state index is 12.9. The number of benzene rings is 1. The van der Waals surface area contributed by atoms with Crippen molar-refractivity contribution in [2.24, 2.45) is 0 Å². The highest BCUT2D eigenvalue weighted by atomic mass is 32.2. The second-order valence-electron chi connectivity index (χ2n) is 5.15. The van der Waals surface area contributed by atoms with Crippen molar-refractivity contribution in [3.8, 4) is 6.07 Å². The Labute approximate surface area is 125 Å². The van der Waals surface area contributed by atoms with Crippen LogP contribution in [0.25, 0.3) is 0 Å². The molecular formula is C14H19N3O3S. The Morgan fingerprint density at radius 2 is 2.24 bits per heavy atom. The van der Waals surface area contributed by atoms with E-state index in [0.29, 0.717) is 18.7 Å². The molecule has 2 unspecified atom stereocenters. The molecule has 1 aliphatic rings. The summed E-state index contributed by atoms with van der Waals surface area (Å²) in [5, 5.41) is 9.17. The van der Waals surface area contributed by atoms with Gasteiger partial charge in [0.25, 0.3) is 0 Å². The van der Waals surface area contributed by atoms with Gasteiger partial charge in [-0.1, -0.05) is 6.92 Å². The lowest BCUT2D eigenvalue weighted by molar-refractivity contribution is -0.0230. The first-order valence-corrected chi connectivity index (χ1v) is 8.27. The molecule has 2 atom stereocenters. The number of ether oxygens (including phenoxy) is 1. The molecule has 0 aromatic heterocycles. The number of nitrogen functional groups attached to an aromatic ring is 1. The van der Waals surface area contributed by atoms with E-state index in [1.807, 2.05) is 19.9 Å². The van der Waals surface area contributed by atoms with Gasteiger partial charge in [-0.2, -0.15) is 9.57 Å². The fraction of sp³-hybridized carbons (Fsp3) is 0.500. The largest absolute Gasteiger partial charge is 0.399 e. The van der Waals surface area contributed by atoms with Gasteiger partial charge in [-0.05, 0) is 31.5 Å². The number of nitrogens with two attached hydrogens (primary N) is 1.